The topological polar surface area (TPSA) is 86.9 Å². The van der Waals surface area contributed by atoms with Crippen LogP contribution in [-0.4, -0.2) is 22.0 Å². The van der Waals surface area contributed by atoms with Crippen LogP contribution in [0.3, 0.4) is 0 Å². The molecule has 1 heterocycles. The maximum atomic E-state index is 11.9. The van der Waals surface area contributed by atoms with Crippen molar-refractivity contribution in [3.05, 3.63) is 42.1 Å². The van der Waals surface area contributed by atoms with Gasteiger partial charge in [0.05, 0.1) is 5.69 Å². The van der Waals surface area contributed by atoms with E-state index in [2.05, 4.69) is 21.0 Å². The quantitative estimate of drug-likeness (QED) is 0.746. The van der Waals surface area contributed by atoms with E-state index >= 15 is 0 Å². The fraction of sp³-hybridized carbons (Fsp3) is 0.267. The lowest BCUT2D eigenvalue weighted by Crippen LogP contribution is -2.42. The number of hydrogen-bond acceptors (Lipinski definition) is 3. The average Bonchev–Trinajstić information content (AvgIpc) is 3.04. The van der Waals surface area contributed by atoms with Crippen molar-refractivity contribution < 1.29 is 9.59 Å². The van der Waals surface area contributed by atoms with Crippen LogP contribution in [0, 0.1) is 11.8 Å². The van der Waals surface area contributed by atoms with Crippen molar-refractivity contribution in [1.29, 1.82) is 0 Å². The van der Waals surface area contributed by atoms with Gasteiger partial charge >= 0.3 is 0 Å². The number of benzene rings is 1. The van der Waals surface area contributed by atoms with Gasteiger partial charge in [-0.25, -0.2) is 0 Å². The SMILES string of the molecule is C[C@@H]1C[C@@H]1C(=O)NNC(=O)c1cc(-c2ccccc2)n[nH]1. The monoisotopic (exact) mass is 284 g/mol. The molecule has 21 heavy (non-hydrogen) atoms. The molecule has 3 rings (SSSR count). The maximum Gasteiger partial charge on any atom is 0.287 e. The van der Waals surface area contributed by atoms with Gasteiger partial charge in [-0.1, -0.05) is 37.3 Å². The largest absolute Gasteiger partial charge is 0.287 e. The molecule has 2 aromatic rings. The van der Waals surface area contributed by atoms with E-state index in [1.165, 1.54) is 0 Å². The molecule has 6 nitrogen and oxygen atoms in total. The fourth-order valence-corrected chi connectivity index (χ4v) is 2.16. The van der Waals surface area contributed by atoms with Crippen molar-refractivity contribution in [2.45, 2.75) is 13.3 Å². The minimum Gasteiger partial charge on any atom is -0.273 e. The van der Waals surface area contributed by atoms with Gasteiger partial charge in [-0.2, -0.15) is 5.10 Å². The van der Waals surface area contributed by atoms with Gasteiger partial charge in [0.1, 0.15) is 5.69 Å². The highest BCUT2D eigenvalue weighted by Gasteiger charge is 2.39. The van der Waals surface area contributed by atoms with E-state index in [9.17, 15) is 9.59 Å². The minimum absolute atomic E-state index is 0.0203. The van der Waals surface area contributed by atoms with Crippen molar-refractivity contribution in [3.63, 3.8) is 0 Å². The standard InChI is InChI=1S/C15H16N4O2/c1-9-7-11(9)14(20)18-19-15(21)13-8-12(16-17-13)10-5-3-2-4-6-10/h2-6,8-9,11H,7H2,1H3,(H,16,17)(H,18,20)(H,19,21)/t9-,11+/m1/s1. The Morgan fingerprint density at radius 2 is 1.95 bits per heavy atom. The number of H-pyrrole nitrogens is 1. The minimum atomic E-state index is -0.411. The first-order valence-corrected chi connectivity index (χ1v) is 6.86. The number of amides is 2. The molecule has 1 aliphatic carbocycles. The van der Waals surface area contributed by atoms with Gasteiger partial charge < -0.3 is 0 Å². The van der Waals surface area contributed by atoms with E-state index in [1.54, 1.807) is 6.07 Å². The summed E-state index contributed by atoms with van der Waals surface area (Å²) in [6.07, 6.45) is 0.879. The molecule has 6 heteroatoms. The van der Waals surface area contributed by atoms with E-state index < -0.39 is 5.91 Å². The molecule has 0 saturated heterocycles. The lowest BCUT2D eigenvalue weighted by atomic mass is 10.1. The van der Waals surface area contributed by atoms with Crippen molar-refractivity contribution in [2.75, 3.05) is 0 Å². The molecule has 1 saturated carbocycles. The Bertz CT molecular complexity index is 665. The first-order valence-electron chi connectivity index (χ1n) is 6.86. The van der Waals surface area contributed by atoms with E-state index in [4.69, 9.17) is 0 Å². The molecule has 1 aromatic heterocycles. The van der Waals surface area contributed by atoms with E-state index in [1.807, 2.05) is 37.3 Å². The normalized spacial score (nSPS) is 19.9. The average molecular weight is 284 g/mol. The van der Waals surface area contributed by atoms with Crippen molar-refractivity contribution in [1.82, 2.24) is 21.0 Å². The Morgan fingerprint density at radius 1 is 1.24 bits per heavy atom. The Hall–Kier alpha value is -2.63. The van der Waals surface area contributed by atoms with Crippen LogP contribution >= 0.6 is 0 Å². The first-order chi connectivity index (χ1) is 10.1. The number of hydrogen-bond donors (Lipinski definition) is 3. The van der Waals surface area contributed by atoms with Crippen LogP contribution < -0.4 is 10.9 Å². The van der Waals surface area contributed by atoms with Crippen LogP contribution in [0.25, 0.3) is 11.3 Å². The third-order valence-corrected chi connectivity index (χ3v) is 3.64. The summed E-state index contributed by atoms with van der Waals surface area (Å²) in [5.74, 6) is -0.129. The molecule has 2 amide bonds. The molecule has 1 aromatic carbocycles. The molecular weight excluding hydrogens is 268 g/mol. The zero-order chi connectivity index (χ0) is 14.8. The predicted octanol–water partition coefficient (Wildman–Crippen LogP) is 1.49. The Balaban J connectivity index is 1.61. The number of nitrogens with zero attached hydrogens (tertiary/aromatic N) is 1. The second-order valence-corrected chi connectivity index (χ2v) is 5.30. The third-order valence-electron chi connectivity index (χ3n) is 3.64. The Kier molecular flexibility index (Phi) is 3.43. The van der Waals surface area contributed by atoms with Crippen LogP contribution in [0.5, 0.6) is 0 Å². The first kappa shape index (κ1) is 13.4. The Morgan fingerprint density at radius 3 is 2.62 bits per heavy atom. The second-order valence-electron chi connectivity index (χ2n) is 5.30. The molecule has 0 radical (unpaired) electrons. The van der Waals surface area contributed by atoms with Gasteiger partial charge in [-0.05, 0) is 18.4 Å². The lowest BCUT2D eigenvalue weighted by molar-refractivity contribution is -0.123. The van der Waals surface area contributed by atoms with Crippen LogP contribution in [0.15, 0.2) is 36.4 Å². The highest BCUT2D eigenvalue weighted by atomic mass is 16.2. The van der Waals surface area contributed by atoms with Gasteiger partial charge in [-0.3, -0.25) is 25.5 Å². The number of aromatic amines is 1. The molecule has 2 atom stereocenters. The zero-order valence-corrected chi connectivity index (χ0v) is 11.6. The number of aromatic nitrogens is 2. The second kappa shape index (κ2) is 5.40. The molecular formula is C15H16N4O2. The van der Waals surface area contributed by atoms with Crippen molar-refractivity contribution in [2.24, 2.45) is 11.8 Å². The van der Waals surface area contributed by atoms with Crippen LogP contribution in [0.1, 0.15) is 23.8 Å². The molecule has 0 bridgehead atoms. The molecule has 0 aliphatic heterocycles. The van der Waals surface area contributed by atoms with Gasteiger partial charge in [0.15, 0.2) is 0 Å². The molecule has 0 unspecified atom stereocenters. The highest BCUT2D eigenvalue weighted by Crippen LogP contribution is 2.37. The predicted molar refractivity (Wildman–Crippen MR) is 76.9 cm³/mol. The highest BCUT2D eigenvalue weighted by molar-refractivity contribution is 5.95. The van der Waals surface area contributed by atoms with Crippen molar-refractivity contribution >= 4 is 11.8 Å². The summed E-state index contributed by atoms with van der Waals surface area (Å²) in [6, 6.07) is 11.2. The number of carbonyl (C=O) groups excluding carboxylic acids is 2. The Labute approximate surface area is 121 Å². The lowest BCUT2D eigenvalue weighted by Gasteiger charge is -2.04. The van der Waals surface area contributed by atoms with Gasteiger partial charge in [0, 0.05) is 11.5 Å². The summed E-state index contributed by atoms with van der Waals surface area (Å²) in [7, 11) is 0. The summed E-state index contributed by atoms with van der Waals surface area (Å²) in [4.78, 5) is 23.5. The van der Waals surface area contributed by atoms with Crippen LogP contribution in [-0.2, 0) is 4.79 Å². The molecule has 108 valence electrons. The van der Waals surface area contributed by atoms with E-state index in [-0.39, 0.29) is 11.8 Å². The number of rotatable bonds is 3. The molecule has 3 N–H and O–H groups in total. The van der Waals surface area contributed by atoms with Crippen LogP contribution in [0.4, 0.5) is 0 Å². The summed E-state index contributed by atoms with van der Waals surface area (Å²) in [6.45, 7) is 2.01. The van der Waals surface area contributed by atoms with E-state index in [0.717, 1.165) is 12.0 Å². The van der Waals surface area contributed by atoms with Gasteiger partial charge in [0.25, 0.3) is 5.91 Å². The third kappa shape index (κ3) is 2.94. The summed E-state index contributed by atoms with van der Waals surface area (Å²) >= 11 is 0. The van der Waals surface area contributed by atoms with E-state index in [0.29, 0.717) is 17.3 Å². The molecule has 0 spiro atoms. The number of carbonyl (C=O) groups is 2. The zero-order valence-electron chi connectivity index (χ0n) is 11.6. The molecule has 1 fully saturated rings. The fourth-order valence-electron chi connectivity index (χ4n) is 2.16. The van der Waals surface area contributed by atoms with Gasteiger partial charge in [0.2, 0.25) is 5.91 Å². The van der Waals surface area contributed by atoms with Crippen molar-refractivity contribution in [3.8, 4) is 11.3 Å². The number of nitrogens with one attached hydrogen (secondary N) is 3. The maximum absolute atomic E-state index is 11.9. The van der Waals surface area contributed by atoms with Crippen LogP contribution in [0.2, 0.25) is 0 Å². The summed E-state index contributed by atoms with van der Waals surface area (Å²) in [5.41, 5.74) is 6.74. The smallest absolute Gasteiger partial charge is 0.273 e. The number of hydrazine groups is 1. The van der Waals surface area contributed by atoms with Gasteiger partial charge in [-0.15, -0.1) is 0 Å². The summed E-state index contributed by atoms with van der Waals surface area (Å²) in [5, 5.41) is 6.76. The molecule has 1 aliphatic rings. The summed E-state index contributed by atoms with van der Waals surface area (Å²) < 4.78 is 0.